The van der Waals surface area contributed by atoms with E-state index in [1.807, 2.05) is 0 Å². The first-order valence-corrected chi connectivity index (χ1v) is 8.94. The van der Waals surface area contributed by atoms with E-state index in [9.17, 15) is 13.6 Å². The van der Waals surface area contributed by atoms with E-state index in [1.165, 1.54) is 24.3 Å². The molecule has 28 heavy (non-hydrogen) atoms. The summed E-state index contributed by atoms with van der Waals surface area (Å²) in [4.78, 5) is 24.9. The maximum atomic E-state index is 12.1. The number of amides is 2. The molecule has 2 amide bonds. The van der Waals surface area contributed by atoms with Gasteiger partial charge in [0, 0.05) is 57.3 Å². The van der Waals surface area contributed by atoms with E-state index in [0.29, 0.717) is 12.2 Å². The maximum Gasteiger partial charge on any atom is 0.387 e. The van der Waals surface area contributed by atoms with Gasteiger partial charge in [-0.25, -0.2) is 14.8 Å². The van der Waals surface area contributed by atoms with Crippen LogP contribution in [0.2, 0.25) is 0 Å². The molecule has 1 aromatic heterocycles. The second-order valence-corrected chi connectivity index (χ2v) is 6.16. The number of ether oxygens (including phenoxy) is 1. The van der Waals surface area contributed by atoms with Crippen LogP contribution in [0, 0.1) is 0 Å². The largest absolute Gasteiger partial charge is 0.435 e. The Bertz CT molecular complexity index is 740. The number of carbonyl (C=O) groups excluding carboxylic acids is 1. The van der Waals surface area contributed by atoms with Crippen molar-refractivity contribution in [3.8, 4) is 5.75 Å². The van der Waals surface area contributed by atoms with Crippen LogP contribution in [0.25, 0.3) is 0 Å². The first-order valence-electron chi connectivity index (χ1n) is 8.94. The van der Waals surface area contributed by atoms with Gasteiger partial charge in [-0.3, -0.25) is 4.90 Å². The van der Waals surface area contributed by atoms with Gasteiger partial charge >= 0.3 is 12.6 Å². The smallest absolute Gasteiger partial charge is 0.387 e. The van der Waals surface area contributed by atoms with E-state index in [2.05, 4.69) is 35.1 Å². The van der Waals surface area contributed by atoms with Gasteiger partial charge in [0.05, 0.1) is 0 Å². The number of piperazine rings is 1. The van der Waals surface area contributed by atoms with Gasteiger partial charge < -0.3 is 20.3 Å². The molecule has 0 radical (unpaired) electrons. The predicted octanol–water partition coefficient (Wildman–Crippen LogP) is 2.02. The van der Waals surface area contributed by atoms with Gasteiger partial charge in [0.25, 0.3) is 0 Å². The molecule has 1 aromatic carbocycles. The van der Waals surface area contributed by atoms with Crippen molar-refractivity contribution in [2.24, 2.45) is 0 Å². The molecule has 10 heteroatoms. The highest BCUT2D eigenvalue weighted by Gasteiger charge is 2.18. The van der Waals surface area contributed by atoms with Gasteiger partial charge in [0.1, 0.15) is 5.75 Å². The van der Waals surface area contributed by atoms with E-state index >= 15 is 0 Å². The first-order chi connectivity index (χ1) is 13.6. The standard InChI is InChI=1S/C18H22F2N6O2/c19-16(20)28-15-4-2-14(3-5-15)24-18(27)23-8-9-25-10-12-26(13-11-25)17-21-6-1-7-22-17/h1-7,16H,8-13H2,(H2,23,24,27). The molecule has 8 nitrogen and oxygen atoms in total. The molecule has 1 aliphatic rings. The number of hydrogen-bond donors (Lipinski definition) is 2. The zero-order chi connectivity index (χ0) is 19.8. The third-order valence-corrected chi connectivity index (χ3v) is 4.26. The average molecular weight is 392 g/mol. The molecule has 1 aliphatic heterocycles. The second-order valence-electron chi connectivity index (χ2n) is 6.16. The molecule has 0 atom stereocenters. The molecule has 3 rings (SSSR count). The van der Waals surface area contributed by atoms with Crippen LogP contribution in [0.1, 0.15) is 0 Å². The van der Waals surface area contributed by atoms with Gasteiger partial charge in [-0.05, 0) is 30.3 Å². The average Bonchev–Trinajstić information content (AvgIpc) is 2.70. The minimum absolute atomic E-state index is 0.0426. The van der Waals surface area contributed by atoms with Crippen molar-refractivity contribution in [1.29, 1.82) is 0 Å². The number of nitrogens with zero attached hydrogens (tertiary/aromatic N) is 4. The van der Waals surface area contributed by atoms with Crippen LogP contribution in [-0.2, 0) is 0 Å². The van der Waals surface area contributed by atoms with Crippen molar-refractivity contribution >= 4 is 17.7 Å². The molecule has 2 aromatic rings. The second kappa shape index (κ2) is 9.79. The highest BCUT2D eigenvalue weighted by molar-refractivity contribution is 5.89. The van der Waals surface area contributed by atoms with Gasteiger partial charge in [0.2, 0.25) is 5.95 Å². The maximum absolute atomic E-state index is 12.1. The van der Waals surface area contributed by atoms with Crippen molar-refractivity contribution in [2.75, 3.05) is 49.5 Å². The normalized spacial score (nSPS) is 14.8. The summed E-state index contributed by atoms with van der Waals surface area (Å²) in [5.74, 6) is 0.783. The zero-order valence-corrected chi connectivity index (χ0v) is 15.2. The third kappa shape index (κ3) is 6.02. The summed E-state index contributed by atoms with van der Waals surface area (Å²) in [5.41, 5.74) is 0.496. The molecular weight excluding hydrogens is 370 g/mol. The third-order valence-electron chi connectivity index (χ3n) is 4.26. The minimum atomic E-state index is -2.87. The lowest BCUT2D eigenvalue weighted by Gasteiger charge is -2.34. The van der Waals surface area contributed by atoms with Crippen LogP contribution in [0.15, 0.2) is 42.7 Å². The summed E-state index contributed by atoms with van der Waals surface area (Å²) in [6, 6.07) is 7.20. The number of nitrogens with one attached hydrogen (secondary N) is 2. The van der Waals surface area contributed by atoms with Crippen LogP contribution < -0.4 is 20.3 Å². The number of anilines is 2. The summed E-state index contributed by atoms with van der Waals surface area (Å²) in [6.45, 7) is 1.77. The van der Waals surface area contributed by atoms with Gasteiger partial charge in [-0.2, -0.15) is 8.78 Å². The molecule has 0 bridgehead atoms. The van der Waals surface area contributed by atoms with Crippen molar-refractivity contribution in [3.05, 3.63) is 42.7 Å². The molecule has 1 fully saturated rings. The van der Waals surface area contributed by atoms with Crippen LogP contribution >= 0.6 is 0 Å². The Morgan fingerprint density at radius 1 is 1.11 bits per heavy atom. The number of halogens is 2. The van der Waals surface area contributed by atoms with Gasteiger partial charge in [0.15, 0.2) is 0 Å². The molecule has 0 spiro atoms. The van der Waals surface area contributed by atoms with E-state index in [4.69, 9.17) is 0 Å². The Hall–Kier alpha value is -3.01. The number of hydrogen-bond acceptors (Lipinski definition) is 6. The number of rotatable bonds is 7. The molecule has 0 unspecified atom stereocenters. The van der Waals surface area contributed by atoms with E-state index in [1.54, 1.807) is 18.5 Å². The molecular formula is C18H22F2N6O2. The number of alkyl halides is 2. The lowest BCUT2D eigenvalue weighted by atomic mass is 10.3. The SMILES string of the molecule is O=C(NCCN1CCN(c2ncccn2)CC1)Nc1ccc(OC(F)F)cc1. The fourth-order valence-corrected chi connectivity index (χ4v) is 2.85. The van der Waals surface area contributed by atoms with Crippen LogP contribution in [0.4, 0.5) is 25.2 Å². The molecule has 2 heterocycles. The van der Waals surface area contributed by atoms with Crippen LogP contribution in [0.5, 0.6) is 5.75 Å². The molecule has 0 aliphatic carbocycles. The summed E-state index contributed by atoms with van der Waals surface area (Å²) >= 11 is 0. The predicted molar refractivity (Wildman–Crippen MR) is 101 cm³/mol. The quantitative estimate of drug-likeness (QED) is 0.750. The number of urea groups is 1. The lowest BCUT2D eigenvalue weighted by molar-refractivity contribution is -0.0498. The number of aromatic nitrogens is 2. The summed E-state index contributed by atoms with van der Waals surface area (Å²) < 4.78 is 28.5. The van der Waals surface area contributed by atoms with Gasteiger partial charge in [-0.1, -0.05) is 0 Å². The Kier molecular flexibility index (Phi) is 6.90. The highest BCUT2D eigenvalue weighted by atomic mass is 19.3. The number of benzene rings is 1. The first kappa shape index (κ1) is 19.7. The highest BCUT2D eigenvalue weighted by Crippen LogP contribution is 2.17. The molecule has 150 valence electrons. The minimum Gasteiger partial charge on any atom is -0.435 e. The summed E-state index contributed by atoms with van der Waals surface area (Å²) in [7, 11) is 0. The van der Waals surface area contributed by atoms with Crippen molar-refractivity contribution < 1.29 is 18.3 Å². The Morgan fingerprint density at radius 3 is 2.43 bits per heavy atom. The Balaban J connectivity index is 1.33. The van der Waals surface area contributed by atoms with E-state index < -0.39 is 6.61 Å². The molecule has 1 saturated heterocycles. The fraction of sp³-hybridized carbons (Fsp3) is 0.389. The van der Waals surface area contributed by atoms with Crippen molar-refractivity contribution in [1.82, 2.24) is 20.2 Å². The Labute approximate surface area is 161 Å². The van der Waals surface area contributed by atoms with E-state index in [-0.39, 0.29) is 11.8 Å². The number of carbonyl (C=O) groups is 1. The monoisotopic (exact) mass is 392 g/mol. The fourth-order valence-electron chi connectivity index (χ4n) is 2.85. The Morgan fingerprint density at radius 2 is 1.79 bits per heavy atom. The van der Waals surface area contributed by atoms with Crippen molar-refractivity contribution in [3.63, 3.8) is 0 Å². The summed E-state index contributed by atoms with van der Waals surface area (Å²) in [5, 5.41) is 5.44. The molecule has 0 saturated carbocycles. The lowest BCUT2D eigenvalue weighted by Crippen LogP contribution is -2.49. The van der Waals surface area contributed by atoms with E-state index in [0.717, 1.165) is 38.7 Å². The van der Waals surface area contributed by atoms with Gasteiger partial charge in [-0.15, -0.1) is 0 Å². The van der Waals surface area contributed by atoms with Crippen LogP contribution in [-0.4, -0.2) is 66.8 Å². The molecule has 2 N–H and O–H groups in total. The van der Waals surface area contributed by atoms with Crippen LogP contribution in [0.3, 0.4) is 0 Å². The van der Waals surface area contributed by atoms with Crippen molar-refractivity contribution in [2.45, 2.75) is 6.61 Å². The summed E-state index contributed by atoms with van der Waals surface area (Å²) in [6.07, 6.45) is 3.47. The zero-order valence-electron chi connectivity index (χ0n) is 15.2. The topological polar surface area (TPSA) is 82.6 Å².